The number of methoxy groups -OCH3 is 1. The van der Waals surface area contributed by atoms with Gasteiger partial charge in [0.1, 0.15) is 13.2 Å². The number of rotatable bonds is 6. The van der Waals surface area contributed by atoms with Gasteiger partial charge in [0.2, 0.25) is 11.7 Å². The van der Waals surface area contributed by atoms with E-state index in [0.717, 1.165) is 24.0 Å². The summed E-state index contributed by atoms with van der Waals surface area (Å²) in [5.74, 6) is 2.28. The quantitative estimate of drug-likeness (QED) is 0.792. The molecule has 5 heteroatoms. The molecule has 1 heterocycles. The molecule has 27 heavy (non-hydrogen) atoms. The molecule has 0 radical (unpaired) electrons. The first-order chi connectivity index (χ1) is 13.2. The molecular weight excluding hydrogens is 342 g/mol. The normalized spacial score (nSPS) is 16.8. The van der Waals surface area contributed by atoms with Gasteiger partial charge in [-0.05, 0) is 48.1 Å². The lowest BCUT2D eigenvalue weighted by Gasteiger charge is -2.21. The minimum atomic E-state index is -0.107. The summed E-state index contributed by atoms with van der Waals surface area (Å²) in [7, 11) is 1.59. The Bertz CT molecular complexity index is 826. The Balaban J connectivity index is 1.48. The molecule has 4 rings (SSSR count). The van der Waals surface area contributed by atoms with E-state index in [4.69, 9.17) is 14.2 Å². The summed E-state index contributed by atoms with van der Waals surface area (Å²) >= 11 is 0. The Kier molecular flexibility index (Phi) is 5.01. The van der Waals surface area contributed by atoms with Crippen LogP contribution in [0, 0.1) is 5.92 Å². The molecule has 0 aromatic heterocycles. The average molecular weight is 365 g/mol. The zero-order chi connectivity index (χ0) is 18.6. The summed E-state index contributed by atoms with van der Waals surface area (Å²) in [5.41, 5.74) is 1.98. The van der Waals surface area contributed by atoms with Crippen LogP contribution in [0.3, 0.4) is 0 Å². The lowest BCUT2D eigenvalue weighted by Crippen LogP contribution is -2.28. The van der Waals surface area contributed by atoms with Crippen LogP contribution in [-0.2, 0) is 4.79 Å². The monoisotopic (exact) mass is 365 g/mol. The molecule has 1 unspecified atom stereocenters. The van der Waals surface area contributed by atoms with E-state index in [1.807, 2.05) is 30.3 Å². The van der Waals surface area contributed by atoms with Crippen molar-refractivity contribution in [3.63, 3.8) is 0 Å². The fraction of sp³-hybridized carbons (Fsp3) is 0.318. The van der Waals surface area contributed by atoms with Crippen molar-refractivity contribution < 1.29 is 19.0 Å². The van der Waals surface area contributed by atoms with Gasteiger partial charge in [0.15, 0.2) is 11.5 Å². The zero-order valence-electron chi connectivity index (χ0n) is 15.3. The molecule has 1 atom stereocenters. The molecule has 0 bridgehead atoms. The summed E-state index contributed by atoms with van der Waals surface area (Å²) in [4.78, 5) is 12.5. The van der Waals surface area contributed by atoms with E-state index in [1.54, 1.807) is 19.3 Å². The molecule has 1 fully saturated rings. The minimum absolute atomic E-state index is 0.0677. The fourth-order valence-corrected chi connectivity index (χ4v) is 3.33. The van der Waals surface area contributed by atoms with Gasteiger partial charge in [-0.25, -0.2) is 0 Å². The Morgan fingerprint density at radius 1 is 1.19 bits per heavy atom. The molecule has 0 saturated heterocycles. The lowest BCUT2D eigenvalue weighted by molar-refractivity contribution is -0.117. The molecule has 0 spiro atoms. The molecule has 5 nitrogen and oxygen atoms in total. The van der Waals surface area contributed by atoms with Gasteiger partial charge >= 0.3 is 0 Å². The molecule has 1 amide bonds. The maximum Gasteiger partial charge on any atom is 0.244 e. The van der Waals surface area contributed by atoms with Crippen LogP contribution in [0.4, 0.5) is 0 Å². The van der Waals surface area contributed by atoms with Gasteiger partial charge in [-0.2, -0.15) is 0 Å². The smallest absolute Gasteiger partial charge is 0.244 e. The predicted molar refractivity (Wildman–Crippen MR) is 103 cm³/mol. The first-order valence-corrected chi connectivity index (χ1v) is 9.26. The van der Waals surface area contributed by atoms with Crippen molar-refractivity contribution in [3.8, 4) is 17.2 Å². The number of nitrogens with one attached hydrogen (secondary N) is 1. The van der Waals surface area contributed by atoms with Crippen molar-refractivity contribution in [2.24, 2.45) is 5.92 Å². The summed E-state index contributed by atoms with van der Waals surface area (Å²) in [5, 5.41) is 3.14. The van der Waals surface area contributed by atoms with Gasteiger partial charge in [0.05, 0.1) is 13.2 Å². The van der Waals surface area contributed by atoms with Gasteiger partial charge in [0, 0.05) is 6.08 Å². The second kappa shape index (κ2) is 7.74. The second-order valence-electron chi connectivity index (χ2n) is 6.82. The summed E-state index contributed by atoms with van der Waals surface area (Å²) in [6.07, 6.45) is 5.64. The standard InChI is InChI=1S/C22H23NO4/c1-25-18-13-15(14-19-22(18)27-12-11-26-19)7-10-20(24)23-21(17-8-9-17)16-5-3-2-4-6-16/h2-7,10,13-14,17,21H,8-9,11-12H2,1H3,(H,23,24)/b10-7+. The third kappa shape index (κ3) is 4.08. The Morgan fingerprint density at radius 2 is 1.96 bits per heavy atom. The topological polar surface area (TPSA) is 56.8 Å². The van der Waals surface area contributed by atoms with Gasteiger partial charge < -0.3 is 19.5 Å². The van der Waals surface area contributed by atoms with Crippen molar-refractivity contribution in [2.45, 2.75) is 18.9 Å². The largest absolute Gasteiger partial charge is 0.493 e. The summed E-state index contributed by atoms with van der Waals surface area (Å²) in [6, 6.07) is 13.9. The van der Waals surface area contributed by atoms with Crippen molar-refractivity contribution in [2.75, 3.05) is 20.3 Å². The first-order valence-electron chi connectivity index (χ1n) is 9.26. The van der Waals surface area contributed by atoms with Gasteiger partial charge in [0.25, 0.3) is 0 Å². The Hall–Kier alpha value is -2.95. The highest BCUT2D eigenvalue weighted by Crippen LogP contribution is 2.41. The van der Waals surface area contributed by atoms with Crippen LogP contribution in [0.2, 0.25) is 0 Å². The molecular formula is C22H23NO4. The maximum atomic E-state index is 12.5. The van der Waals surface area contributed by atoms with Crippen molar-refractivity contribution in [1.82, 2.24) is 5.32 Å². The number of carbonyl (C=O) groups is 1. The third-order valence-corrected chi connectivity index (χ3v) is 4.83. The van der Waals surface area contributed by atoms with E-state index in [0.29, 0.717) is 36.4 Å². The number of fused-ring (bicyclic) bond motifs is 1. The van der Waals surface area contributed by atoms with Gasteiger partial charge in [-0.15, -0.1) is 0 Å². The van der Waals surface area contributed by atoms with Crippen molar-refractivity contribution >= 4 is 12.0 Å². The molecule has 2 aromatic carbocycles. The van der Waals surface area contributed by atoms with E-state index in [-0.39, 0.29) is 11.9 Å². The van der Waals surface area contributed by atoms with Crippen LogP contribution in [0.25, 0.3) is 6.08 Å². The number of amides is 1. The Morgan fingerprint density at radius 3 is 2.70 bits per heavy atom. The summed E-state index contributed by atoms with van der Waals surface area (Å²) in [6.45, 7) is 1.01. The predicted octanol–water partition coefficient (Wildman–Crippen LogP) is 3.75. The van der Waals surface area contributed by atoms with E-state index in [2.05, 4.69) is 17.4 Å². The van der Waals surface area contributed by atoms with Crippen LogP contribution in [0.5, 0.6) is 17.2 Å². The van der Waals surface area contributed by atoms with Crippen LogP contribution in [0.15, 0.2) is 48.5 Å². The van der Waals surface area contributed by atoms with Crippen LogP contribution in [0.1, 0.15) is 30.0 Å². The number of hydrogen-bond donors (Lipinski definition) is 1. The average Bonchev–Trinajstić information content (AvgIpc) is 3.55. The van der Waals surface area contributed by atoms with Crippen LogP contribution < -0.4 is 19.5 Å². The van der Waals surface area contributed by atoms with Gasteiger partial charge in [-0.1, -0.05) is 30.3 Å². The number of ether oxygens (including phenoxy) is 3. The van der Waals surface area contributed by atoms with Crippen molar-refractivity contribution in [3.05, 3.63) is 59.7 Å². The molecule has 140 valence electrons. The maximum absolute atomic E-state index is 12.5. The second-order valence-corrected chi connectivity index (χ2v) is 6.82. The highest BCUT2D eigenvalue weighted by Gasteiger charge is 2.32. The van der Waals surface area contributed by atoms with E-state index in [1.165, 1.54) is 0 Å². The number of hydrogen-bond acceptors (Lipinski definition) is 4. The SMILES string of the molecule is COc1cc(/C=C/C(=O)NC(c2ccccc2)C2CC2)cc2c1OCCO2. The Labute approximate surface area is 158 Å². The molecule has 2 aromatic rings. The highest BCUT2D eigenvalue weighted by atomic mass is 16.6. The lowest BCUT2D eigenvalue weighted by atomic mass is 10.0. The molecule has 1 aliphatic heterocycles. The van der Waals surface area contributed by atoms with Gasteiger partial charge in [-0.3, -0.25) is 4.79 Å². The molecule has 2 aliphatic rings. The minimum Gasteiger partial charge on any atom is -0.493 e. The van der Waals surface area contributed by atoms with Crippen molar-refractivity contribution in [1.29, 1.82) is 0 Å². The molecule has 1 N–H and O–H groups in total. The highest BCUT2D eigenvalue weighted by molar-refractivity contribution is 5.92. The third-order valence-electron chi connectivity index (χ3n) is 4.83. The number of benzene rings is 2. The zero-order valence-corrected chi connectivity index (χ0v) is 15.3. The van der Waals surface area contributed by atoms with E-state index >= 15 is 0 Å². The fourth-order valence-electron chi connectivity index (χ4n) is 3.33. The van der Waals surface area contributed by atoms with E-state index in [9.17, 15) is 4.79 Å². The number of carbonyl (C=O) groups excluding carboxylic acids is 1. The summed E-state index contributed by atoms with van der Waals surface area (Å²) < 4.78 is 16.6. The first kappa shape index (κ1) is 17.5. The van der Waals surface area contributed by atoms with Crippen LogP contribution in [-0.4, -0.2) is 26.2 Å². The molecule has 1 aliphatic carbocycles. The van der Waals surface area contributed by atoms with E-state index < -0.39 is 0 Å². The van der Waals surface area contributed by atoms with Crippen LogP contribution >= 0.6 is 0 Å². The molecule has 1 saturated carbocycles.